The van der Waals surface area contributed by atoms with Gasteiger partial charge in [-0.25, -0.2) is 0 Å². The minimum atomic E-state index is 0.635. The summed E-state index contributed by atoms with van der Waals surface area (Å²) in [7, 11) is 0. The van der Waals surface area contributed by atoms with Gasteiger partial charge in [-0.15, -0.1) is 0 Å². The Balaban J connectivity index is 3.67. The lowest BCUT2D eigenvalue weighted by molar-refractivity contribution is 0.177. The average molecular weight is 179 g/mol. The third-order valence-electron chi connectivity index (χ3n) is 1.28. The standard InChI is InChI=1S/C11H17NO/c1-3-13-10-6-8-11(2)7-4-5-9-12/h4-9H,2-3,10,12H2,1H3/b7-4-,8-6+,9-5-. The minimum Gasteiger partial charge on any atom is -0.405 e. The molecule has 0 saturated heterocycles. The van der Waals surface area contributed by atoms with Gasteiger partial charge in [0.2, 0.25) is 0 Å². The van der Waals surface area contributed by atoms with Gasteiger partial charge in [-0.2, -0.15) is 0 Å². The van der Waals surface area contributed by atoms with Gasteiger partial charge in [0.1, 0.15) is 0 Å². The van der Waals surface area contributed by atoms with Crippen molar-refractivity contribution in [1.82, 2.24) is 0 Å². The highest BCUT2D eigenvalue weighted by Gasteiger charge is 1.79. The summed E-state index contributed by atoms with van der Waals surface area (Å²) in [5.41, 5.74) is 6.08. The number of hydrogen-bond donors (Lipinski definition) is 1. The van der Waals surface area contributed by atoms with E-state index in [1.165, 1.54) is 6.20 Å². The first kappa shape index (κ1) is 11.7. The van der Waals surface area contributed by atoms with E-state index in [2.05, 4.69) is 6.58 Å². The molecule has 0 aliphatic rings. The van der Waals surface area contributed by atoms with Crippen molar-refractivity contribution in [1.29, 1.82) is 0 Å². The van der Waals surface area contributed by atoms with E-state index in [0.717, 1.165) is 12.2 Å². The van der Waals surface area contributed by atoms with Crippen molar-refractivity contribution in [2.24, 2.45) is 5.73 Å². The molecule has 0 radical (unpaired) electrons. The van der Waals surface area contributed by atoms with E-state index in [0.29, 0.717) is 6.61 Å². The first-order valence-electron chi connectivity index (χ1n) is 4.29. The molecule has 0 aromatic rings. The maximum Gasteiger partial charge on any atom is 0.0650 e. The molecule has 72 valence electrons. The molecule has 0 fully saturated rings. The topological polar surface area (TPSA) is 35.2 Å². The lowest BCUT2D eigenvalue weighted by Crippen LogP contribution is -1.87. The molecule has 0 aliphatic heterocycles. The maximum absolute atomic E-state index is 5.15. The van der Waals surface area contributed by atoms with Crippen LogP contribution in [0.2, 0.25) is 0 Å². The van der Waals surface area contributed by atoms with Crippen molar-refractivity contribution in [3.63, 3.8) is 0 Å². The Labute approximate surface area is 80.1 Å². The zero-order valence-corrected chi connectivity index (χ0v) is 8.07. The van der Waals surface area contributed by atoms with E-state index in [9.17, 15) is 0 Å². The Kier molecular flexibility index (Phi) is 7.95. The first-order chi connectivity index (χ1) is 6.31. The predicted octanol–water partition coefficient (Wildman–Crippen LogP) is 2.16. The molecule has 2 heteroatoms. The first-order valence-corrected chi connectivity index (χ1v) is 4.29. The molecule has 2 nitrogen and oxygen atoms in total. The summed E-state index contributed by atoms with van der Waals surface area (Å²) < 4.78 is 5.12. The molecule has 0 rings (SSSR count). The van der Waals surface area contributed by atoms with E-state index in [1.54, 1.807) is 6.08 Å². The molecule has 2 N–H and O–H groups in total. The molecular weight excluding hydrogens is 162 g/mol. The van der Waals surface area contributed by atoms with Crippen LogP contribution in [0.4, 0.5) is 0 Å². The Hall–Kier alpha value is -1.28. The number of hydrogen-bond acceptors (Lipinski definition) is 2. The number of ether oxygens (including phenoxy) is 1. The van der Waals surface area contributed by atoms with Crippen LogP contribution >= 0.6 is 0 Å². The highest BCUT2D eigenvalue weighted by atomic mass is 16.5. The van der Waals surface area contributed by atoms with Crippen molar-refractivity contribution in [2.45, 2.75) is 6.92 Å². The molecule has 0 bridgehead atoms. The molecule has 0 heterocycles. The zero-order valence-electron chi connectivity index (χ0n) is 8.07. The summed E-state index contributed by atoms with van der Waals surface area (Å²) in [6.45, 7) is 7.16. The van der Waals surface area contributed by atoms with Gasteiger partial charge in [0.25, 0.3) is 0 Å². The van der Waals surface area contributed by atoms with Gasteiger partial charge in [-0.05, 0) is 24.8 Å². The summed E-state index contributed by atoms with van der Waals surface area (Å²) in [6, 6.07) is 0. The van der Waals surface area contributed by atoms with E-state index < -0.39 is 0 Å². The lowest BCUT2D eigenvalue weighted by atomic mass is 10.2. The van der Waals surface area contributed by atoms with Gasteiger partial charge in [-0.3, -0.25) is 0 Å². The van der Waals surface area contributed by atoms with Crippen LogP contribution < -0.4 is 5.73 Å². The van der Waals surface area contributed by atoms with Crippen LogP contribution in [0.1, 0.15) is 6.92 Å². The smallest absolute Gasteiger partial charge is 0.0650 e. The van der Waals surface area contributed by atoms with Gasteiger partial charge in [0.05, 0.1) is 6.61 Å². The Morgan fingerprint density at radius 2 is 2.15 bits per heavy atom. The molecule has 0 amide bonds. The molecule has 0 aromatic heterocycles. The lowest BCUT2D eigenvalue weighted by Gasteiger charge is -1.92. The monoisotopic (exact) mass is 179 g/mol. The second-order valence-electron chi connectivity index (χ2n) is 2.38. The normalized spacial score (nSPS) is 12.1. The summed E-state index contributed by atoms with van der Waals surface area (Å²) in [5, 5.41) is 0. The van der Waals surface area contributed by atoms with Crippen molar-refractivity contribution >= 4 is 0 Å². The Bertz CT molecular complexity index is 214. The van der Waals surface area contributed by atoms with Crippen molar-refractivity contribution in [3.8, 4) is 0 Å². The van der Waals surface area contributed by atoms with Crippen LogP contribution in [0.5, 0.6) is 0 Å². The fourth-order valence-corrected chi connectivity index (χ4v) is 0.684. The predicted molar refractivity (Wildman–Crippen MR) is 57.2 cm³/mol. The fraction of sp³-hybridized carbons (Fsp3) is 0.273. The van der Waals surface area contributed by atoms with Crippen molar-refractivity contribution < 1.29 is 4.74 Å². The molecular formula is C11H17NO. The van der Waals surface area contributed by atoms with E-state index in [1.807, 2.05) is 31.2 Å². The average Bonchev–Trinajstić information content (AvgIpc) is 2.13. The van der Waals surface area contributed by atoms with Crippen LogP contribution in [0.3, 0.4) is 0 Å². The highest BCUT2D eigenvalue weighted by molar-refractivity contribution is 5.29. The van der Waals surface area contributed by atoms with Gasteiger partial charge >= 0.3 is 0 Å². The SMILES string of the molecule is C=C(/C=C\C=C/N)/C=C/COCC. The van der Waals surface area contributed by atoms with Crippen molar-refractivity contribution in [2.75, 3.05) is 13.2 Å². The summed E-state index contributed by atoms with van der Waals surface area (Å²) >= 11 is 0. The zero-order chi connectivity index (χ0) is 9.94. The van der Waals surface area contributed by atoms with Crippen LogP contribution in [0.25, 0.3) is 0 Å². The van der Waals surface area contributed by atoms with E-state index in [4.69, 9.17) is 10.5 Å². The number of nitrogens with two attached hydrogens (primary N) is 1. The fourth-order valence-electron chi connectivity index (χ4n) is 0.684. The molecule has 0 aliphatic carbocycles. The quantitative estimate of drug-likeness (QED) is 0.501. The Morgan fingerprint density at radius 1 is 1.38 bits per heavy atom. The second-order valence-corrected chi connectivity index (χ2v) is 2.38. The third-order valence-corrected chi connectivity index (χ3v) is 1.28. The van der Waals surface area contributed by atoms with Crippen LogP contribution in [-0.4, -0.2) is 13.2 Å². The van der Waals surface area contributed by atoms with Gasteiger partial charge in [-0.1, -0.05) is 30.9 Å². The molecule has 13 heavy (non-hydrogen) atoms. The largest absolute Gasteiger partial charge is 0.405 e. The van der Waals surface area contributed by atoms with Crippen LogP contribution in [-0.2, 0) is 4.74 Å². The summed E-state index contributed by atoms with van der Waals surface area (Å²) in [6.07, 6.45) is 10.8. The van der Waals surface area contributed by atoms with Crippen molar-refractivity contribution in [3.05, 3.63) is 48.7 Å². The highest BCUT2D eigenvalue weighted by Crippen LogP contribution is 1.95. The number of allylic oxidation sites excluding steroid dienone is 5. The summed E-state index contributed by atoms with van der Waals surface area (Å²) in [5.74, 6) is 0. The van der Waals surface area contributed by atoms with Gasteiger partial charge < -0.3 is 10.5 Å². The van der Waals surface area contributed by atoms with Gasteiger partial charge in [0, 0.05) is 6.61 Å². The van der Waals surface area contributed by atoms with E-state index >= 15 is 0 Å². The second kappa shape index (κ2) is 8.81. The summed E-state index contributed by atoms with van der Waals surface area (Å²) in [4.78, 5) is 0. The van der Waals surface area contributed by atoms with Crippen LogP contribution in [0.15, 0.2) is 48.7 Å². The Morgan fingerprint density at radius 3 is 2.77 bits per heavy atom. The van der Waals surface area contributed by atoms with Gasteiger partial charge in [0.15, 0.2) is 0 Å². The van der Waals surface area contributed by atoms with Crippen LogP contribution in [0, 0.1) is 0 Å². The number of rotatable bonds is 6. The molecule has 0 aromatic carbocycles. The van der Waals surface area contributed by atoms with E-state index in [-0.39, 0.29) is 0 Å². The molecule has 0 atom stereocenters. The molecule has 0 spiro atoms. The molecule has 0 unspecified atom stereocenters. The maximum atomic E-state index is 5.15. The third kappa shape index (κ3) is 8.63. The molecule has 0 saturated carbocycles. The minimum absolute atomic E-state index is 0.635.